The molecule has 0 bridgehead atoms. The number of aryl methyl sites for hydroxylation is 1. The zero-order valence-corrected chi connectivity index (χ0v) is 7.57. The molecule has 7 heteroatoms. The fraction of sp³-hybridized carbons (Fsp3) is 0.143. The summed E-state index contributed by atoms with van der Waals surface area (Å²) in [5.74, 6) is 0. The molecule has 72 valence electrons. The van der Waals surface area contributed by atoms with E-state index in [2.05, 4.69) is 10.2 Å². The van der Waals surface area contributed by atoms with E-state index in [4.69, 9.17) is 10.0 Å². The maximum atomic E-state index is 8.87. The van der Waals surface area contributed by atoms with Crippen molar-refractivity contribution in [3.05, 3.63) is 24.8 Å². The SMILES string of the molecule is Cn1cc(-n2cc(B(O)O)cn2)cn1. The molecule has 2 heterocycles. The van der Waals surface area contributed by atoms with Gasteiger partial charge in [-0.15, -0.1) is 0 Å². The highest BCUT2D eigenvalue weighted by Gasteiger charge is 2.13. The average molecular weight is 192 g/mol. The molecule has 0 aromatic carbocycles. The molecule has 2 N–H and O–H groups in total. The molecule has 0 saturated carbocycles. The maximum absolute atomic E-state index is 8.87. The summed E-state index contributed by atoms with van der Waals surface area (Å²) in [4.78, 5) is 0. The zero-order chi connectivity index (χ0) is 10.1. The van der Waals surface area contributed by atoms with Gasteiger partial charge in [0.15, 0.2) is 0 Å². The lowest BCUT2D eigenvalue weighted by Crippen LogP contribution is -2.28. The summed E-state index contributed by atoms with van der Waals surface area (Å²) in [5, 5.41) is 25.7. The second-order valence-electron chi connectivity index (χ2n) is 2.96. The molecule has 0 aliphatic heterocycles. The Morgan fingerprint density at radius 3 is 2.50 bits per heavy atom. The molecule has 0 aliphatic carbocycles. The summed E-state index contributed by atoms with van der Waals surface area (Å²) in [7, 11) is 0.315. The van der Waals surface area contributed by atoms with Gasteiger partial charge in [-0.05, 0) is 0 Å². The fourth-order valence-electron chi connectivity index (χ4n) is 1.14. The van der Waals surface area contributed by atoms with E-state index in [0.717, 1.165) is 5.69 Å². The third kappa shape index (κ3) is 1.55. The van der Waals surface area contributed by atoms with E-state index in [0.29, 0.717) is 5.46 Å². The van der Waals surface area contributed by atoms with Gasteiger partial charge in [0.1, 0.15) is 5.69 Å². The van der Waals surface area contributed by atoms with Gasteiger partial charge in [0.05, 0.1) is 12.4 Å². The summed E-state index contributed by atoms with van der Waals surface area (Å²) >= 11 is 0. The van der Waals surface area contributed by atoms with Crippen LogP contribution in [0.2, 0.25) is 0 Å². The topological polar surface area (TPSA) is 76.1 Å². The second kappa shape index (κ2) is 3.28. The molecule has 0 aliphatic rings. The molecule has 0 amide bonds. The van der Waals surface area contributed by atoms with E-state index in [-0.39, 0.29) is 0 Å². The number of rotatable bonds is 2. The van der Waals surface area contributed by atoms with Gasteiger partial charge in [0.2, 0.25) is 0 Å². The van der Waals surface area contributed by atoms with Crippen LogP contribution in [0.25, 0.3) is 5.69 Å². The smallest absolute Gasteiger partial charge is 0.423 e. The molecule has 0 atom stereocenters. The summed E-state index contributed by atoms with van der Waals surface area (Å²) in [6, 6.07) is 0. The molecule has 0 fully saturated rings. The molecular formula is C7H9BN4O2. The van der Waals surface area contributed by atoms with E-state index >= 15 is 0 Å². The van der Waals surface area contributed by atoms with E-state index in [9.17, 15) is 0 Å². The largest absolute Gasteiger partial charge is 0.491 e. The third-order valence-electron chi connectivity index (χ3n) is 1.86. The van der Waals surface area contributed by atoms with Crippen LogP contribution < -0.4 is 5.46 Å². The third-order valence-corrected chi connectivity index (χ3v) is 1.86. The van der Waals surface area contributed by atoms with Gasteiger partial charge >= 0.3 is 7.12 Å². The predicted molar refractivity (Wildman–Crippen MR) is 50.2 cm³/mol. The van der Waals surface area contributed by atoms with Crippen LogP contribution in [0.3, 0.4) is 0 Å². The van der Waals surface area contributed by atoms with Crippen LogP contribution in [-0.2, 0) is 7.05 Å². The Balaban J connectivity index is 2.33. The molecule has 2 aromatic rings. The Kier molecular flexibility index (Phi) is 2.10. The minimum Gasteiger partial charge on any atom is -0.423 e. The first-order chi connectivity index (χ1) is 6.66. The van der Waals surface area contributed by atoms with E-state index < -0.39 is 7.12 Å². The van der Waals surface area contributed by atoms with Crippen molar-refractivity contribution in [1.29, 1.82) is 0 Å². The highest BCUT2D eigenvalue weighted by Crippen LogP contribution is 2.01. The van der Waals surface area contributed by atoms with Gasteiger partial charge in [-0.1, -0.05) is 0 Å². The van der Waals surface area contributed by atoms with Gasteiger partial charge in [0, 0.05) is 24.9 Å². The Hall–Kier alpha value is -1.60. The van der Waals surface area contributed by atoms with Crippen molar-refractivity contribution in [2.24, 2.45) is 7.05 Å². The number of aromatic nitrogens is 4. The van der Waals surface area contributed by atoms with Crippen LogP contribution in [-0.4, -0.2) is 36.7 Å². The van der Waals surface area contributed by atoms with E-state index in [1.807, 2.05) is 0 Å². The molecule has 6 nitrogen and oxygen atoms in total. The Labute approximate surface area is 80.5 Å². The standard InChI is InChI=1S/C7H9BN4O2/c1-11-5-7(3-9-11)12-4-6(2-10-12)8(13)14/h2-5,13-14H,1H3. The van der Waals surface area contributed by atoms with E-state index in [1.54, 1.807) is 30.3 Å². The fourth-order valence-corrected chi connectivity index (χ4v) is 1.14. The van der Waals surface area contributed by atoms with Crippen molar-refractivity contribution < 1.29 is 10.0 Å². The molecule has 2 rings (SSSR count). The Bertz CT molecular complexity index is 436. The van der Waals surface area contributed by atoms with Gasteiger partial charge in [-0.2, -0.15) is 10.2 Å². The van der Waals surface area contributed by atoms with Crippen LogP contribution in [0.15, 0.2) is 24.8 Å². The van der Waals surface area contributed by atoms with Gasteiger partial charge in [-0.3, -0.25) is 4.68 Å². The second-order valence-corrected chi connectivity index (χ2v) is 2.96. The van der Waals surface area contributed by atoms with Crippen molar-refractivity contribution in [2.45, 2.75) is 0 Å². The minimum atomic E-state index is -1.49. The predicted octanol–water partition coefficient (Wildman–Crippen LogP) is -1.71. The van der Waals surface area contributed by atoms with Gasteiger partial charge in [0.25, 0.3) is 0 Å². The number of nitrogens with zero attached hydrogens (tertiary/aromatic N) is 4. The molecule has 14 heavy (non-hydrogen) atoms. The van der Waals surface area contributed by atoms with Crippen molar-refractivity contribution in [3.63, 3.8) is 0 Å². The number of hydrogen-bond donors (Lipinski definition) is 2. The molecule has 0 saturated heterocycles. The lowest BCUT2D eigenvalue weighted by Gasteiger charge is -1.93. The molecule has 2 aromatic heterocycles. The summed E-state index contributed by atoms with van der Waals surface area (Å²) in [6.45, 7) is 0. The molecule has 0 unspecified atom stereocenters. The van der Waals surface area contributed by atoms with Crippen LogP contribution in [0.4, 0.5) is 0 Å². The van der Waals surface area contributed by atoms with Gasteiger partial charge < -0.3 is 10.0 Å². The van der Waals surface area contributed by atoms with Crippen LogP contribution in [0.5, 0.6) is 0 Å². The number of hydrogen-bond acceptors (Lipinski definition) is 4. The molecule has 0 radical (unpaired) electrons. The highest BCUT2D eigenvalue weighted by molar-refractivity contribution is 6.58. The maximum Gasteiger partial charge on any atom is 0.491 e. The summed E-state index contributed by atoms with van der Waals surface area (Å²) in [5.41, 5.74) is 1.13. The first-order valence-electron chi connectivity index (χ1n) is 4.06. The summed E-state index contributed by atoms with van der Waals surface area (Å²) < 4.78 is 3.17. The normalized spacial score (nSPS) is 10.5. The van der Waals surface area contributed by atoms with Crippen LogP contribution in [0, 0.1) is 0 Å². The van der Waals surface area contributed by atoms with Crippen LogP contribution >= 0.6 is 0 Å². The quantitative estimate of drug-likeness (QED) is 0.555. The van der Waals surface area contributed by atoms with Crippen molar-refractivity contribution in [1.82, 2.24) is 19.6 Å². The highest BCUT2D eigenvalue weighted by atomic mass is 16.4. The lowest BCUT2D eigenvalue weighted by atomic mass is 9.83. The first kappa shape index (κ1) is 8.98. The van der Waals surface area contributed by atoms with Crippen molar-refractivity contribution in [2.75, 3.05) is 0 Å². The monoisotopic (exact) mass is 192 g/mol. The Morgan fingerprint density at radius 1 is 1.21 bits per heavy atom. The average Bonchev–Trinajstić information content (AvgIpc) is 2.70. The molecular weight excluding hydrogens is 183 g/mol. The van der Waals surface area contributed by atoms with Crippen molar-refractivity contribution in [3.8, 4) is 5.69 Å². The van der Waals surface area contributed by atoms with E-state index in [1.165, 1.54) is 10.9 Å². The Morgan fingerprint density at radius 2 is 2.00 bits per heavy atom. The zero-order valence-electron chi connectivity index (χ0n) is 7.57. The molecule has 0 spiro atoms. The minimum absolute atomic E-state index is 0.355. The van der Waals surface area contributed by atoms with Crippen LogP contribution in [0.1, 0.15) is 0 Å². The van der Waals surface area contributed by atoms with Crippen molar-refractivity contribution >= 4 is 12.6 Å². The summed E-state index contributed by atoms with van der Waals surface area (Å²) in [6.07, 6.45) is 6.36. The first-order valence-corrected chi connectivity index (χ1v) is 4.06. The van der Waals surface area contributed by atoms with Gasteiger partial charge in [-0.25, -0.2) is 4.68 Å². The lowest BCUT2D eigenvalue weighted by molar-refractivity contribution is 0.426.